The number of benzene rings is 1. The standard InChI is InChI=1S/C17H21FN2O3/c1-22-15-6-5-13(11-14(15)18)3-2-4-16(21)20-17(12-19)7-9-23-10-8-17/h5-6,11H,2-4,7-10H2,1H3,(H,20,21). The minimum absolute atomic E-state index is 0.151. The molecule has 1 N–H and O–H groups in total. The lowest BCUT2D eigenvalue weighted by Gasteiger charge is -2.31. The molecule has 0 spiro atoms. The summed E-state index contributed by atoms with van der Waals surface area (Å²) in [5, 5.41) is 12.1. The van der Waals surface area contributed by atoms with Crippen molar-refractivity contribution in [2.24, 2.45) is 0 Å². The van der Waals surface area contributed by atoms with E-state index in [9.17, 15) is 14.4 Å². The lowest BCUT2D eigenvalue weighted by atomic mass is 9.91. The summed E-state index contributed by atoms with van der Waals surface area (Å²) in [7, 11) is 1.42. The molecular formula is C17H21FN2O3. The average Bonchev–Trinajstić information content (AvgIpc) is 2.56. The third-order valence-electron chi connectivity index (χ3n) is 4.02. The van der Waals surface area contributed by atoms with E-state index in [1.165, 1.54) is 13.2 Å². The molecule has 1 saturated heterocycles. The first-order chi connectivity index (χ1) is 11.1. The van der Waals surface area contributed by atoms with Crippen LogP contribution in [0.25, 0.3) is 0 Å². The van der Waals surface area contributed by atoms with Gasteiger partial charge in [0.25, 0.3) is 0 Å². The molecule has 1 aromatic rings. The highest BCUT2D eigenvalue weighted by Gasteiger charge is 2.33. The lowest BCUT2D eigenvalue weighted by Crippen LogP contribution is -2.50. The molecule has 2 rings (SSSR count). The van der Waals surface area contributed by atoms with Crippen LogP contribution in [0, 0.1) is 17.1 Å². The Morgan fingerprint density at radius 2 is 2.22 bits per heavy atom. The number of aryl methyl sites for hydroxylation is 1. The van der Waals surface area contributed by atoms with Crippen molar-refractivity contribution in [3.63, 3.8) is 0 Å². The second kappa shape index (κ2) is 7.93. The summed E-state index contributed by atoms with van der Waals surface area (Å²) < 4.78 is 23.7. The van der Waals surface area contributed by atoms with Gasteiger partial charge in [-0.2, -0.15) is 5.26 Å². The van der Waals surface area contributed by atoms with Crippen LogP contribution in [0.3, 0.4) is 0 Å². The molecule has 1 aromatic carbocycles. The monoisotopic (exact) mass is 320 g/mol. The van der Waals surface area contributed by atoms with Gasteiger partial charge in [0, 0.05) is 32.5 Å². The molecule has 0 atom stereocenters. The van der Waals surface area contributed by atoms with Crippen LogP contribution in [0.15, 0.2) is 18.2 Å². The molecule has 23 heavy (non-hydrogen) atoms. The summed E-state index contributed by atoms with van der Waals surface area (Å²) in [5.74, 6) is -0.343. The van der Waals surface area contributed by atoms with Crippen LogP contribution in [0.5, 0.6) is 5.75 Å². The maximum absolute atomic E-state index is 13.6. The maximum atomic E-state index is 13.6. The van der Waals surface area contributed by atoms with Crippen LogP contribution < -0.4 is 10.1 Å². The number of nitrogens with one attached hydrogen (secondary N) is 1. The van der Waals surface area contributed by atoms with Crippen LogP contribution in [-0.2, 0) is 16.0 Å². The average molecular weight is 320 g/mol. The molecule has 1 amide bonds. The van der Waals surface area contributed by atoms with Crippen LogP contribution in [0.2, 0.25) is 0 Å². The van der Waals surface area contributed by atoms with E-state index in [0.29, 0.717) is 45.3 Å². The largest absolute Gasteiger partial charge is 0.494 e. The molecule has 124 valence electrons. The Bertz CT molecular complexity index is 592. The number of hydrogen-bond donors (Lipinski definition) is 1. The quantitative estimate of drug-likeness (QED) is 0.873. The van der Waals surface area contributed by atoms with E-state index >= 15 is 0 Å². The molecule has 0 aliphatic carbocycles. The Balaban J connectivity index is 1.80. The molecule has 5 nitrogen and oxygen atoms in total. The highest BCUT2D eigenvalue weighted by atomic mass is 19.1. The van der Waals surface area contributed by atoms with Gasteiger partial charge in [0.1, 0.15) is 5.54 Å². The number of nitrogens with zero attached hydrogens (tertiary/aromatic N) is 1. The van der Waals surface area contributed by atoms with Gasteiger partial charge in [-0.15, -0.1) is 0 Å². The Labute approximate surface area is 135 Å². The number of carbonyl (C=O) groups excluding carboxylic acids is 1. The van der Waals surface area contributed by atoms with E-state index in [1.54, 1.807) is 12.1 Å². The molecule has 1 aliphatic heterocycles. The van der Waals surface area contributed by atoms with Crippen molar-refractivity contribution in [3.05, 3.63) is 29.6 Å². The third kappa shape index (κ3) is 4.67. The molecule has 6 heteroatoms. The predicted octanol–water partition coefficient (Wildman–Crippen LogP) is 2.35. The minimum atomic E-state index is -0.804. The second-order valence-corrected chi connectivity index (χ2v) is 5.68. The van der Waals surface area contributed by atoms with E-state index in [4.69, 9.17) is 9.47 Å². The molecular weight excluding hydrogens is 299 g/mol. The van der Waals surface area contributed by atoms with Crippen LogP contribution >= 0.6 is 0 Å². The van der Waals surface area contributed by atoms with Gasteiger partial charge in [0.2, 0.25) is 5.91 Å². The van der Waals surface area contributed by atoms with Gasteiger partial charge in [-0.05, 0) is 30.5 Å². The minimum Gasteiger partial charge on any atom is -0.494 e. The number of amides is 1. The van der Waals surface area contributed by atoms with Gasteiger partial charge >= 0.3 is 0 Å². The van der Waals surface area contributed by atoms with Gasteiger partial charge in [-0.1, -0.05) is 6.07 Å². The topological polar surface area (TPSA) is 71.3 Å². The van der Waals surface area contributed by atoms with Gasteiger partial charge in [-0.25, -0.2) is 4.39 Å². The van der Waals surface area contributed by atoms with E-state index in [1.807, 2.05) is 0 Å². The number of carbonyl (C=O) groups is 1. The van der Waals surface area contributed by atoms with Crippen LogP contribution in [0.1, 0.15) is 31.2 Å². The van der Waals surface area contributed by atoms with E-state index in [2.05, 4.69) is 11.4 Å². The zero-order valence-electron chi connectivity index (χ0n) is 13.2. The van der Waals surface area contributed by atoms with Gasteiger partial charge < -0.3 is 14.8 Å². The fourth-order valence-electron chi connectivity index (χ4n) is 2.63. The molecule has 1 aliphatic rings. The number of rotatable bonds is 6. The highest BCUT2D eigenvalue weighted by molar-refractivity contribution is 5.77. The van der Waals surface area contributed by atoms with E-state index < -0.39 is 11.4 Å². The summed E-state index contributed by atoms with van der Waals surface area (Å²) in [4.78, 5) is 12.0. The first-order valence-corrected chi connectivity index (χ1v) is 7.71. The summed E-state index contributed by atoms with van der Waals surface area (Å²) in [6.45, 7) is 0.970. The summed E-state index contributed by atoms with van der Waals surface area (Å²) in [6, 6.07) is 6.99. The first kappa shape index (κ1) is 17.2. The number of ether oxygens (including phenoxy) is 2. The van der Waals surface area contributed by atoms with Crippen molar-refractivity contribution in [1.82, 2.24) is 5.32 Å². The Kier molecular flexibility index (Phi) is 5.94. The molecule has 0 aromatic heterocycles. The normalized spacial score (nSPS) is 16.4. The Morgan fingerprint density at radius 3 is 2.83 bits per heavy atom. The van der Waals surface area contributed by atoms with Gasteiger partial charge in [-0.3, -0.25) is 4.79 Å². The zero-order valence-corrected chi connectivity index (χ0v) is 13.2. The Hall–Kier alpha value is -2.13. The fourth-order valence-corrected chi connectivity index (χ4v) is 2.63. The molecule has 1 heterocycles. The van der Waals surface area contributed by atoms with Crippen molar-refractivity contribution in [2.45, 2.75) is 37.6 Å². The third-order valence-corrected chi connectivity index (χ3v) is 4.02. The van der Waals surface area contributed by atoms with Crippen molar-refractivity contribution in [3.8, 4) is 11.8 Å². The molecule has 0 bridgehead atoms. The zero-order chi connectivity index (χ0) is 16.7. The smallest absolute Gasteiger partial charge is 0.221 e. The number of nitriles is 1. The van der Waals surface area contributed by atoms with E-state index in [0.717, 1.165) is 5.56 Å². The second-order valence-electron chi connectivity index (χ2n) is 5.68. The fraction of sp³-hybridized carbons (Fsp3) is 0.529. The Morgan fingerprint density at radius 1 is 1.48 bits per heavy atom. The number of methoxy groups -OCH3 is 1. The maximum Gasteiger partial charge on any atom is 0.221 e. The lowest BCUT2D eigenvalue weighted by molar-refractivity contribution is -0.123. The number of halogens is 1. The van der Waals surface area contributed by atoms with Crippen molar-refractivity contribution in [2.75, 3.05) is 20.3 Å². The predicted molar refractivity (Wildman–Crippen MR) is 82.4 cm³/mol. The molecule has 0 radical (unpaired) electrons. The van der Waals surface area contributed by atoms with Gasteiger partial charge in [0.05, 0.1) is 13.2 Å². The summed E-state index contributed by atoms with van der Waals surface area (Å²) in [6.07, 6.45) is 2.52. The summed E-state index contributed by atoms with van der Waals surface area (Å²) in [5.41, 5.74) is 0.0128. The molecule has 0 unspecified atom stereocenters. The van der Waals surface area contributed by atoms with E-state index in [-0.39, 0.29) is 11.7 Å². The SMILES string of the molecule is COc1ccc(CCCC(=O)NC2(C#N)CCOCC2)cc1F. The number of hydrogen-bond acceptors (Lipinski definition) is 4. The molecule has 0 saturated carbocycles. The van der Waals surface area contributed by atoms with Crippen molar-refractivity contribution >= 4 is 5.91 Å². The molecule has 1 fully saturated rings. The highest BCUT2D eigenvalue weighted by Crippen LogP contribution is 2.21. The van der Waals surface area contributed by atoms with Crippen molar-refractivity contribution in [1.29, 1.82) is 5.26 Å². The first-order valence-electron chi connectivity index (χ1n) is 7.71. The van der Waals surface area contributed by atoms with Crippen molar-refractivity contribution < 1.29 is 18.7 Å². The summed E-state index contributed by atoms with van der Waals surface area (Å²) >= 11 is 0. The van der Waals surface area contributed by atoms with Crippen LogP contribution in [0.4, 0.5) is 4.39 Å². The van der Waals surface area contributed by atoms with Crippen LogP contribution in [-0.4, -0.2) is 31.8 Å². The van der Waals surface area contributed by atoms with Gasteiger partial charge in [0.15, 0.2) is 11.6 Å².